The second kappa shape index (κ2) is 12.5. The van der Waals surface area contributed by atoms with E-state index in [9.17, 15) is 22.8 Å². The molecule has 13 nitrogen and oxygen atoms in total. The number of benzene rings is 1. The van der Waals surface area contributed by atoms with Crippen LogP contribution in [-0.4, -0.2) is 91.9 Å². The fourth-order valence-electron chi connectivity index (χ4n) is 5.55. The molecule has 1 aromatic heterocycles. The Labute approximate surface area is 260 Å². The molecule has 3 amide bonds. The number of nitrogens with zero attached hydrogens (tertiary/aromatic N) is 2. The van der Waals surface area contributed by atoms with E-state index >= 15 is 0 Å². The van der Waals surface area contributed by atoms with E-state index in [-0.39, 0.29) is 19.4 Å². The van der Waals surface area contributed by atoms with Crippen molar-refractivity contribution < 1.29 is 37.0 Å². The first-order valence-corrected chi connectivity index (χ1v) is 16.2. The number of methoxy groups -OCH3 is 2. The maximum Gasteiger partial charge on any atom is 0.259 e. The van der Waals surface area contributed by atoms with Crippen molar-refractivity contribution in [1.29, 1.82) is 0 Å². The molecule has 0 radical (unpaired) electrons. The van der Waals surface area contributed by atoms with Gasteiger partial charge in [0.1, 0.15) is 29.5 Å². The summed E-state index contributed by atoms with van der Waals surface area (Å²) in [4.78, 5) is 49.0. The number of halogens is 1. The van der Waals surface area contributed by atoms with Gasteiger partial charge in [0.05, 0.1) is 25.0 Å². The highest BCUT2D eigenvalue weighted by Crippen LogP contribution is 2.45. The number of hydrogen-bond donors (Lipinski definition) is 3. The van der Waals surface area contributed by atoms with Gasteiger partial charge in [-0.25, -0.2) is 18.2 Å². The van der Waals surface area contributed by atoms with Crippen molar-refractivity contribution in [3.63, 3.8) is 0 Å². The Morgan fingerprint density at radius 2 is 1.98 bits per heavy atom. The van der Waals surface area contributed by atoms with Crippen molar-refractivity contribution in [2.24, 2.45) is 5.92 Å². The van der Waals surface area contributed by atoms with Crippen LogP contribution in [0.2, 0.25) is 0 Å². The molecule has 5 rings (SSSR count). The summed E-state index contributed by atoms with van der Waals surface area (Å²) in [5, 5.41) is 3.68. The third-order valence-corrected chi connectivity index (χ3v) is 10.6. The Kier molecular flexibility index (Phi) is 9.08. The zero-order chi connectivity index (χ0) is 31.8. The average Bonchev–Trinajstić information content (AvgIpc) is 3.94. The predicted molar refractivity (Wildman–Crippen MR) is 161 cm³/mol. The van der Waals surface area contributed by atoms with E-state index in [1.54, 1.807) is 26.3 Å². The first-order chi connectivity index (χ1) is 21.0. The van der Waals surface area contributed by atoms with Crippen molar-refractivity contribution in [3.8, 4) is 11.6 Å². The van der Waals surface area contributed by atoms with Crippen LogP contribution in [0.1, 0.15) is 32.6 Å². The normalized spacial score (nSPS) is 26.0. The number of fused-ring (bicyclic) bond motifs is 1. The first kappa shape index (κ1) is 31.9. The van der Waals surface area contributed by atoms with E-state index in [1.807, 2.05) is 18.2 Å². The van der Waals surface area contributed by atoms with Gasteiger partial charge in [-0.15, -0.1) is 6.58 Å². The molecular weight excluding hydrogens is 614 g/mol. The summed E-state index contributed by atoms with van der Waals surface area (Å²) >= 11 is 5.94. The SMILES string of the molecule is C=C[C@@H]1C[C@]1(NC(=O)[C@@H]1C[C@@H](Oc2nccc3cc(OC)ccc23)CN1C(=O)[C@@H](NCl)[C@H](C)OC)C(=O)NS(=O)(=O)C1CC1. The van der Waals surface area contributed by atoms with Crippen LogP contribution in [-0.2, 0) is 29.1 Å². The van der Waals surface area contributed by atoms with E-state index in [4.69, 9.17) is 26.0 Å². The Bertz CT molecular complexity index is 1570. The second-order valence-corrected chi connectivity index (χ2v) is 13.6. The van der Waals surface area contributed by atoms with Crippen LogP contribution in [0.25, 0.3) is 10.8 Å². The molecule has 0 spiro atoms. The average molecular weight is 650 g/mol. The van der Waals surface area contributed by atoms with Crippen molar-refractivity contribution >= 4 is 50.3 Å². The standard InChI is InChI=1S/C29H36ClN5O8S/c1-5-18-14-29(18,28(38)34-44(39,40)21-7-8-21)32-25(36)23-13-20(15-35(23)27(37)24(33-30)16(2)41-3)43-26-22-9-6-19(42-4)12-17(22)10-11-31-26/h5-6,9-12,16,18,20-21,23-24,33H,1,7-8,13-15H2,2-4H3,(H,32,36)(H,34,38)/t16-,18+,20+,23-,24-,29+/m0/s1. The molecule has 3 fully saturated rings. The summed E-state index contributed by atoms with van der Waals surface area (Å²) in [6, 6.07) is 5.17. The smallest absolute Gasteiger partial charge is 0.259 e. The molecule has 1 saturated heterocycles. The Morgan fingerprint density at radius 1 is 1.23 bits per heavy atom. The summed E-state index contributed by atoms with van der Waals surface area (Å²) in [6.45, 7) is 5.40. The number of likely N-dealkylation sites (tertiary alicyclic amines) is 1. The topological polar surface area (TPSA) is 165 Å². The molecule has 0 unspecified atom stereocenters. The maximum atomic E-state index is 13.9. The highest BCUT2D eigenvalue weighted by Gasteiger charge is 2.62. The molecule has 3 aliphatic rings. The van der Waals surface area contributed by atoms with E-state index in [0.29, 0.717) is 29.9 Å². The van der Waals surface area contributed by atoms with Gasteiger partial charge in [-0.1, -0.05) is 6.08 Å². The lowest BCUT2D eigenvalue weighted by molar-refractivity contribution is -0.142. The third kappa shape index (κ3) is 6.21. The summed E-state index contributed by atoms with van der Waals surface area (Å²) < 4.78 is 44.1. The lowest BCUT2D eigenvalue weighted by atomic mass is 10.1. The van der Waals surface area contributed by atoms with Gasteiger partial charge in [0, 0.05) is 31.0 Å². The minimum Gasteiger partial charge on any atom is -0.497 e. The molecule has 3 N–H and O–H groups in total. The van der Waals surface area contributed by atoms with Crippen molar-refractivity contribution in [2.75, 3.05) is 20.8 Å². The molecular formula is C29H36ClN5O8S. The lowest BCUT2D eigenvalue weighted by Crippen LogP contribution is -2.58. The van der Waals surface area contributed by atoms with E-state index in [2.05, 4.69) is 26.4 Å². The second-order valence-electron chi connectivity index (χ2n) is 11.4. The van der Waals surface area contributed by atoms with E-state index in [0.717, 1.165) is 5.39 Å². The van der Waals surface area contributed by atoms with E-state index < -0.39 is 68.7 Å². The van der Waals surface area contributed by atoms with Crippen LogP contribution in [0.15, 0.2) is 43.1 Å². The highest BCUT2D eigenvalue weighted by molar-refractivity contribution is 7.91. The quantitative estimate of drug-likeness (QED) is 0.213. The number of aromatic nitrogens is 1. The highest BCUT2D eigenvalue weighted by atomic mass is 35.5. The minimum atomic E-state index is -3.85. The zero-order valence-corrected chi connectivity index (χ0v) is 26.2. The first-order valence-electron chi connectivity index (χ1n) is 14.3. The van der Waals surface area contributed by atoms with Crippen LogP contribution >= 0.6 is 11.8 Å². The van der Waals surface area contributed by atoms with E-state index in [1.165, 1.54) is 18.1 Å². The molecule has 44 heavy (non-hydrogen) atoms. The number of nitrogens with one attached hydrogen (secondary N) is 3. The summed E-state index contributed by atoms with van der Waals surface area (Å²) in [5.74, 6) is -1.48. The number of sulfonamides is 1. The van der Waals surface area contributed by atoms with Gasteiger partial charge in [-0.3, -0.25) is 19.1 Å². The molecule has 15 heteroatoms. The maximum absolute atomic E-state index is 13.9. The van der Waals surface area contributed by atoms with Crippen molar-refractivity contribution in [2.45, 2.75) is 67.7 Å². The fraction of sp³-hybridized carbons (Fsp3) is 0.517. The van der Waals surface area contributed by atoms with Gasteiger partial charge in [-0.05, 0) is 67.6 Å². The van der Waals surface area contributed by atoms with Crippen molar-refractivity contribution in [1.82, 2.24) is 24.8 Å². The minimum absolute atomic E-state index is 0.0107. The molecule has 2 aliphatic carbocycles. The molecule has 2 saturated carbocycles. The Morgan fingerprint density at radius 3 is 2.59 bits per heavy atom. The largest absolute Gasteiger partial charge is 0.497 e. The molecule has 2 heterocycles. The third-order valence-electron chi connectivity index (χ3n) is 8.54. The van der Waals surface area contributed by atoms with Gasteiger partial charge >= 0.3 is 0 Å². The van der Waals surface area contributed by atoms with Crippen LogP contribution < -0.4 is 24.3 Å². The number of rotatable bonds is 13. The molecule has 0 bridgehead atoms. The number of carbonyl (C=O) groups is 3. The van der Waals surface area contributed by atoms with Crippen LogP contribution in [0.5, 0.6) is 11.6 Å². The zero-order valence-electron chi connectivity index (χ0n) is 24.6. The number of carbonyl (C=O) groups excluding carboxylic acids is 3. The van der Waals surface area contributed by atoms with Crippen molar-refractivity contribution in [3.05, 3.63) is 43.1 Å². The van der Waals surface area contributed by atoms with Gasteiger partial charge in [0.25, 0.3) is 5.91 Å². The number of amides is 3. The summed E-state index contributed by atoms with van der Waals surface area (Å²) in [7, 11) is -0.852. The number of ether oxygens (including phenoxy) is 3. The van der Waals surface area contributed by atoms with Gasteiger partial charge in [0.2, 0.25) is 27.7 Å². The lowest BCUT2D eigenvalue weighted by Gasteiger charge is -2.30. The van der Waals surface area contributed by atoms with Crippen LogP contribution in [0.3, 0.4) is 0 Å². The van der Waals surface area contributed by atoms with Crippen LogP contribution in [0.4, 0.5) is 0 Å². The van der Waals surface area contributed by atoms with Crippen LogP contribution in [0, 0.1) is 5.92 Å². The molecule has 2 aromatic rings. The number of pyridine rings is 1. The van der Waals surface area contributed by atoms with Gasteiger partial charge in [-0.2, -0.15) is 0 Å². The molecule has 1 aromatic carbocycles. The summed E-state index contributed by atoms with van der Waals surface area (Å²) in [6.07, 6.45) is 2.98. The molecule has 238 valence electrons. The fourth-order valence-corrected chi connectivity index (χ4v) is 7.19. The van der Waals surface area contributed by atoms with Gasteiger partial charge < -0.3 is 24.4 Å². The van der Waals surface area contributed by atoms with Gasteiger partial charge in [0.15, 0.2) is 0 Å². The monoisotopic (exact) mass is 649 g/mol. The Balaban J connectivity index is 1.40. The summed E-state index contributed by atoms with van der Waals surface area (Å²) in [5.41, 5.74) is -1.51. The molecule has 6 atom stereocenters. The number of hydrogen-bond acceptors (Lipinski definition) is 10. The molecule has 1 aliphatic heterocycles. The Hall–Kier alpha value is -3.46. The predicted octanol–water partition coefficient (Wildman–Crippen LogP) is 1.41.